The van der Waals surface area contributed by atoms with Crippen LogP contribution in [0.1, 0.15) is 27.7 Å². The SMILES string of the molecule is C[C@H]1O[C@@H](O)[C@](C)(O)[C@](C)(O)[C@]1(C)O. The van der Waals surface area contributed by atoms with Crippen molar-refractivity contribution in [3.8, 4) is 0 Å². The molecule has 0 aromatic rings. The molecule has 0 saturated carbocycles. The summed E-state index contributed by atoms with van der Waals surface area (Å²) in [4.78, 5) is 0. The van der Waals surface area contributed by atoms with E-state index in [4.69, 9.17) is 4.74 Å². The third-order valence-electron chi connectivity index (χ3n) is 3.58. The highest BCUT2D eigenvalue weighted by Crippen LogP contribution is 2.42. The van der Waals surface area contributed by atoms with Gasteiger partial charge in [-0.2, -0.15) is 0 Å². The highest BCUT2D eigenvalue weighted by atomic mass is 16.6. The van der Waals surface area contributed by atoms with E-state index in [1.165, 1.54) is 27.7 Å². The minimum absolute atomic E-state index is 0.771. The van der Waals surface area contributed by atoms with E-state index < -0.39 is 29.2 Å². The minimum Gasteiger partial charge on any atom is -0.384 e. The quantitative estimate of drug-likeness (QED) is 0.407. The highest BCUT2D eigenvalue weighted by molar-refractivity contribution is 5.12. The molecule has 0 aromatic carbocycles. The molecule has 0 aliphatic carbocycles. The molecule has 4 N–H and O–H groups in total. The monoisotopic (exact) mass is 206 g/mol. The van der Waals surface area contributed by atoms with E-state index >= 15 is 0 Å². The van der Waals surface area contributed by atoms with E-state index in [-0.39, 0.29) is 0 Å². The van der Waals surface area contributed by atoms with Crippen LogP contribution in [0, 0.1) is 0 Å². The van der Waals surface area contributed by atoms with Gasteiger partial charge in [0.2, 0.25) is 0 Å². The molecule has 0 radical (unpaired) electrons. The molecule has 1 fully saturated rings. The first-order valence-corrected chi connectivity index (χ1v) is 4.56. The largest absolute Gasteiger partial charge is 0.384 e. The van der Waals surface area contributed by atoms with Gasteiger partial charge in [-0.25, -0.2) is 0 Å². The predicted molar refractivity (Wildman–Crippen MR) is 48.4 cm³/mol. The molecule has 5 atom stereocenters. The number of hydrogen-bond donors (Lipinski definition) is 4. The van der Waals surface area contributed by atoms with Crippen LogP contribution in [0.5, 0.6) is 0 Å². The van der Waals surface area contributed by atoms with E-state index in [9.17, 15) is 20.4 Å². The summed E-state index contributed by atoms with van der Waals surface area (Å²) < 4.78 is 4.95. The van der Waals surface area contributed by atoms with Gasteiger partial charge in [0.05, 0.1) is 6.10 Å². The Morgan fingerprint density at radius 1 is 1.00 bits per heavy atom. The van der Waals surface area contributed by atoms with E-state index in [1.54, 1.807) is 0 Å². The standard InChI is InChI=1S/C9H18O5/c1-5-7(2,11)9(4,13)8(3,12)6(10)14-5/h5-6,10-13H,1-4H3/t5-,6-,7-,8+,9-/m1/s1. The lowest BCUT2D eigenvalue weighted by atomic mass is 9.69. The van der Waals surface area contributed by atoms with Gasteiger partial charge >= 0.3 is 0 Å². The van der Waals surface area contributed by atoms with Gasteiger partial charge in [0, 0.05) is 0 Å². The first-order valence-electron chi connectivity index (χ1n) is 4.56. The van der Waals surface area contributed by atoms with Crippen molar-refractivity contribution in [3.63, 3.8) is 0 Å². The average Bonchev–Trinajstić information content (AvgIpc) is 2.01. The first kappa shape index (κ1) is 11.9. The molecule has 84 valence electrons. The summed E-state index contributed by atoms with van der Waals surface area (Å²) >= 11 is 0. The van der Waals surface area contributed by atoms with E-state index in [0.29, 0.717) is 0 Å². The topological polar surface area (TPSA) is 90.2 Å². The van der Waals surface area contributed by atoms with Crippen LogP contribution in [-0.2, 0) is 4.74 Å². The Morgan fingerprint density at radius 3 is 1.86 bits per heavy atom. The Bertz CT molecular complexity index is 211. The Labute approximate surface area is 82.9 Å². The van der Waals surface area contributed by atoms with Crippen LogP contribution >= 0.6 is 0 Å². The van der Waals surface area contributed by atoms with Gasteiger partial charge in [-0.15, -0.1) is 0 Å². The second-order valence-corrected chi connectivity index (χ2v) is 4.50. The van der Waals surface area contributed by atoms with Crippen molar-refractivity contribution in [2.75, 3.05) is 0 Å². The molecule has 5 heteroatoms. The Morgan fingerprint density at radius 2 is 1.43 bits per heavy atom. The third-order valence-corrected chi connectivity index (χ3v) is 3.58. The van der Waals surface area contributed by atoms with Crippen molar-refractivity contribution in [3.05, 3.63) is 0 Å². The zero-order chi connectivity index (χ0) is 11.4. The Hall–Kier alpha value is -0.200. The van der Waals surface area contributed by atoms with Gasteiger partial charge < -0.3 is 25.2 Å². The fraction of sp³-hybridized carbons (Fsp3) is 1.00. The number of aliphatic hydroxyl groups excluding tert-OH is 1. The fourth-order valence-corrected chi connectivity index (χ4v) is 1.61. The smallest absolute Gasteiger partial charge is 0.186 e. The maximum Gasteiger partial charge on any atom is 0.186 e. The summed E-state index contributed by atoms with van der Waals surface area (Å²) in [6.45, 7) is 5.37. The maximum atomic E-state index is 10.0. The van der Waals surface area contributed by atoms with Gasteiger partial charge in [-0.05, 0) is 27.7 Å². The molecule has 1 aliphatic rings. The molecule has 1 rings (SSSR count). The maximum absolute atomic E-state index is 10.0. The number of aliphatic hydroxyl groups is 4. The highest BCUT2D eigenvalue weighted by Gasteiger charge is 2.64. The van der Waals surface area contributed by atoms with Crippen molar-refractivity contribution >= 4 is 0 Å². The van der Waals surface area contributed by atoms with Crippen molar-refractivity contribution in [1.29, 1.82) is 0 Å². The molecule has 0 spiro atoms. The van der Waals surface area contributed by atoms with Gasteiger partial charge in [-0.1, -0.05) is 0 Å². The van der Waals surface area contributed by atoms with Crippen LogP contribution in [0.25, 0.3) is 0 Å². The van der Waals surface area contributed by atoms with Crippen LogP contribution in [0.15, 0.2) is 0 Å². The van der Waals surface area contributed by atoms with E-state index in [1.807, 2.05) is 0 Å². The Kier molecular flexibility index (Phi) is 2.46. The van der Waals surface area contributed by atoms with Crippen LogP contribution in [0.4, 0.5) is 0 Å². The van der Waals surface area contributed by atoms with Crippen LogP contribution < -0.4 is 0 Å². The van der Waals surface area contributed by atoms with Gasteiger partial charge in [0.25, 0.3) is 0 Å². The summed E-state index contributed by atoms with van der Waals surface area (Å²) in [5.74, 6) is 0. The van der Waals surface area contributed by atoms with Gasteiger partial charge in [0.1, 0.15) is 16.8 Å². The van der Waals surface area contributed by atoms with Crippen molar-refractivity contribution in [2.24, 2.45) is 0 Å². The second-order valence-electron chi connectivity index (χ2n) is 4.50. The minimum atomic E-state index is -1.91. The van der Waals surface area contributed by atoms with Crippen LogP contribution in [0.2, 0.25) is 0 Å². The Balaban J connectivity index is 3.17. The predicted octanol–water partition coefficient (Wildman–Crippen LogP) is -1.02. The molecule has 0 amide bonds. The second kappa shape index (κ2) is 2.90. The summed E-state index contributed by atoms with van der Waals surface area (Å²) in [5, 5.41) is 39.3. The number of ether oxygens (including phenoxy) is 1. The zero-order valence-corrected chi connectivity index (χ0v) is 8.85. The normalized spacial score (nSPS) is 60.0. The average molecular weight is 206 g/mol. The number of rotatable bonds is 0. The first-order chi connectivity index (χ1) is 6.05. The summed E-state index contributed by atoms with van der Waals surface area (Å²) in [7, 11) is 0. The molecular formula is C9H18O5. The molecule has 14 heavy (non-hydrogen) atoms. The van der Waals surface area contributed by atoms with Crippen molar-refractivity contribution in [1.82, 2.24) is 0 Å². The molecule has 1 heterocycles. The van der Waals surface area contributed by atoms with Gasteiger partial charge in [0.15, 0.2) is 6.29 Å². The molecule has 0 unspecified atom stereocenters. The summed E-state index contributed by atoms with van der Waals surface area (Å²) in [5.41, 5.74) is -5.39. The fourth-order valence-electron chi connectivity index (χ4n) is 1.61. The van der Waals surface area contributed by atoms with E-state index in [0.717, 1.165) is 0 Å². The van der Waals surface area contributed by atoms with Crippen LogP contribution in [-0.4, -0.2) is 49.6 Å². The van der Waals surface area contributed by atoms with Gasteiger partial charge in [-0.3, -0.25) is 0 Å². The van der Waals surface area contributed by atoms with Crippen molar-refractivity contribution < 1.29 is 25.2 Å². The van der Waals surface area contributed by atoms with Crippen LogP contribution in [0.3, 0.4) is 0 Å². The lowest BCUT2D eigenvalue weighted by molar-refractivity contribution is -0.376. The summed E-state index contributed by atoms with van der Waals surface area (Å²) in [6, 6.07) is 0. The lowest BCUT2D eigenvalue weighted by Gasteiger charge is -2.55. The molecule has 0 bridgehead atoms. The van der Waals surface area contributed by atoms with E-state index in [2.05, 4.69) is 0 Å². The summed E-state index contributed by atoms with van der Waals surface area (Å²) in [6.07, 6.45) is -2.29. The lowest BCUT2D eigenvalue weighted by Crippen LogP contribution is -2.76. The molecule has 5 nitrogen and oxygen atoms in total. The molecular weight excluding hydrogens is 188 g/mol. The zero-order valence-electron chi connectivity index (χ0n) is 8.85. The molecule has 0 aromatic heterocycles. The molecule has 1 aliphatic heterocycles. The van der Waals surface area contributed by atoms with Crippen molar-refractivity contribution in [2.45, 2.75) is 56.9 Å². The third kappa shape index (κ3) is 1.20. The molecule has 1 saturated heterocycles. The number of hydrogen-bond acceptors (Lipinski definition) is 5.